The second-order valence-corrected chi connectivity index (χ2v) is 7.70. The lowest BCUT2D eigenvalue weighted by atomic mass is 9.90. The molecule has 2 aromatic carbocycles. The van der Waals surface area contributed by atoms with E-state index in [0.29, 0.717) is 0 Å². The van der Waals surface area contributed by atoms with Crippen molar-refractivity contribution < 1.29 is 53.9 Å². The molecule has 0 amide bonds. The summed E-state index contributed by atoms with van der Waals surface area (Å²) < 4.78 is 2.13. The lowest BCUT2D eigenvalue weighted by molar-refractivity contribution is -0.462. The Hall–Kier alpha value is -3.14. The topological polar surface area (TPSA) is 293 Å². The highest BCUT2D eigenvalue weighted by molar-refractivity contribution is 6.04. The molecule has 0 bridgehead atoms. The number of allylic oxidation sites excluding steroid dienone is 5. The molecule has 2 aromatic rings. The van der Waals surface area contributed by atoms with Crippen LogP contribution in [-0.2, 0) is 0 Å². The van der Waals surface area contributed by atoms with Gasteiger partial charge in [-0.3, -0.25) is 0 Å². The maximum Gasteiger partial charge on any atom is 0.199 e. The van der Waals surface area contributed by atoms with Gasteiger partial charge in [0.05, 0.1) is 0 Å². The Morgan fingerprint density at radius 2 is 0.789 bits per heavy atom. The summed E-state index contributed by atoms with van der Waals surface area (Å²) in [6, 6.07) is 17.6. The van der Waals surface area contributed by atoms with Crippen LogP contribution in [0.2, 0.25) is 0 Å². The van der Waals surface area contributed by atoms with Gasteiger partial charge in [0.25, 0.3) is 0 Å². The molecule has 38 heavy (non-hydrogen) atoms. The van der Waals surface area contributed by atoms with Gasteiger partial charge in [0.2, 0.25) is 0 Å². The SMILES string of the molecule is CN(C)c1ccc(C(=C2C=CC(=[N+](C)C)C=C2)c2ccc(N(C)C)cc2)cc1.Cl.O.O.O.O.O.O.O.O.O. The second-order valence-electron chi connectivity index (χ2n) is 7.70. The van der Waals surface area contributed by atoms with Crippen LogP contribution in [0, 0.1) is 0 Å². The van der Waals surface area contributed by atoms with E-state index in [1.807, 2.05) is 0 Å². The van der Waals surface area contributed by atoms with E-state index in [1.165, 1.54) is 39.4 Å². The third kappa shape index (κ3) is 12.9. The minimum absolute atomic E-state index is 0. The molecule has 0 unspecified atom stereocenters. The highest BCUT2D eigenvalue weighted by Crippen LogP contribution is 2.31. The fourth-order valence-electron chi connectivity index (χ4n) is 3.28. The van der Waals surface area contributed by atoms with Crippen LogP contribution in [0.15, 0.2) is 78.4 Å². The van der Waals surface area contributed by atoms with Crippen LogP contribution in [0.25, 0.3) is 5.57 Å². The third-order valence-corrected chi connectivity index (χ3v) is 5.02. The van der Waals surface area contributed by atoms with E-state index in [9.17, 15) is 0 Å². The summed E-state index contributed by atoms with van der Waals surface area (Å²) in [6.45, 7) is 0. The average molecular weight is 571 g/mol. The summed E-state index contributed by atoms with van der Waals surface area (Å²) >= 11 is 0. The Morgan fingerprint density at radius 3 is 1.03 bits per heavy atom. The zero-order valence-electron chi connectivity index (χ0n) is 22.7. The first kappa shape index (κ1) is 55.4. The largest absolute Gasteiger partial charge is 0.412 e. The smallest absolute Gasteiger partial charge is 0.199 e. The standard InChI is InChI=1S/C25H30N3.ClH.9H2O/c1-26(2)22-13-7-19(8-14-22)25(20-9-15-23(16-10-20)27(3)4)21-11-17-24(18-12-21)28(5)6;;;;;;;;;;/h7-18H,1-6H3;1H;9*1H2/q+1;;;;;;;;;;. The number of anilines is 2. The summed E-state index contributed by atoms with van der Waals surface area (Å²) in [5, 5.41) is 0. The van der Waals surface area contributed by atoms with Gasteiger partial charge in [-0.25, -0.2) is 4.58 Å². The molecule has 224 valence electrons. The number of rotatable bonds is 4. The first-order chi connectivity index (χ1) is 13.4. The number of halogens is 1. The van der Waals surface area contributed by atoms with Gasteiger partial charge in [-0.1, -0.05) is 24.3 Å². The summed E-state index contributed by atoms with van der Waals surface area (Å²) in [7, 11) is 12.4. The predicted octanol–water partition coefficient (Wildman–Crippen LogP) is -2.54. The van der Waals surface area contributed by atoms with Gasteiger partial charge in [0.1, 0.15) is 14.1 Å². The summed E-state index contributed by atoms with van der Waals surface area (Å²) in [5.41, 5.74) is 8.53. The zero-order chi connectivity index (χ0) is 20.3. The molecule has 0 fully saturated rings. The van der Waals surface area contributed by atoms with Crippen molar-refractivity contribution in [2.24, 2.45) is 0 Å². The molecule has 1 aliphatic rings. The molecule has 3 rings (SSSR count). The molecule has 0 spiro atoms. The first-order valence-corrected chi connectivity index (χ1v) is 9.57. The van der Waals surface area contributed by atoms with E-state index in [2.05, 4.69) is 129 Å². The van der Waals surface area contributed by atoms with Crippen LogP contribution in [-0.4, -0.2) is 102 Å². The number of nitrogens with zero attached hydrogens (tertiary/aromatic N) is 3. The van der Waals surface area contributed by atoms with Crippen molar-refractivity contribution in [3.63, 3.8) is 0 Å². The first-order valence-electron chi connectivity index (χ1n) is 9.57. The maximum absolute atomic E-state index is 2.21. The molecule has 0 atom stereocenters. The number of hydrogen-bond donors (Lipinski definition) is 0. The van der Waals surface area contributed by atoms with Crippen molar-refractivity contribution >= 4 is 35.1 Å². The highest BCUT2D eigenvalue weighted by atomic mass is 35.5. The minimum atomic E-state index is 0. The summed E-state index contributed by atoms with van der Waals surface area (Å²) in [4.78, 5) is 4.25. The van der Waals surface area contributed by atoms with Gasteiger partial charge in [0.15, 0.2) is 5.71 Å². The normalized spacial score (nSPS) is 9.53. The third-order valence-electron chi connectivity index (χ3n) is 5.02. The Morgan fingerprint density at radius 1 is 0.500 bits per heavy atom. The van der Waals surface area contributed by atoms with Gasteiger partial charge in [-0.2, -0.15) is 0 Å². The lowest BCUT2D eigenvalue weighted by Gasteiger charge is -2.18. The summed E-state index contributed by atoms with van der Waals surface area (Å²) in [6.07, 6.45) is 8.78. The van der Waals surface area contributed by atoms with Crippen LogP contribution in [0.5, 0.6) is 0 Å². The molecule has 12 nitrogen and oxygen atoms in total. The van der Waals surface area contributed by atoms with Crippen LogP contribution in [0.3, 0.4) is 0 Å². The maximum atomic E-state index is 2.21. The van der Waals surface area contributed by atoms with Crippen molar-refractivity contribution in [3.8, 4) is 0 Å². The lowest BCUT2D eigenvalue weighted by Crippen LogP contribution is -2.10. The molecule has 0 heterocycles. The van der Waals surface area contributed by atoms with Crippen LogP contribution in [0.4, 0.5) is 11.4 Å². The summed E-state index contributed by atoms with van der Waals surface area (Å²) in [5.74, 6) is 0. The number of hydrogen-bond acceptors (Lipinski definition) is 2. The monoisotopic (exact) mass is 570 g/mol. The zero-order valence-corrected chi connectivity index (χ0v) is 23.5. The van der Waals surface area contributed by atoms with Gasteiger partial charge in [-0.05, 0) is 58.7 Å². The van der Waals surface area contributed by atoms with E-state index in [4.69, 9.17) is 0 Å². The van der Waals surface area contributed by atoms with Crippen LogP contribution in [0.1, 0.15) is 11.1 Å². The minimum Gasteiger partial charge on any atom is -0.412 e. The van der Waals surface area contributed by atoms with Crippen LogP contribution >= 0.6 is 12.4 Å². The quantitative estimate of drug-likeness (QED) is 0.358. The molecule has 0 aromatic heterocycles. The van der Waals surface area contributed by atoms with E-state index in [0.717, 1.165) is 0 Å². The Kier molecular flexibility index (Phi) is 35.3. The highest BCUT2D eigenvalue weighted by Gasteiger charge is 2.13. The molecule has 0 aliphatic heterocycles. The second kappa shape index (κ2) is 24.2. The molecule has 18 N–H and O–H groups in total. The molecule has 0 saturated heterocycles. The Bertz CT molecular complexity index is 915. The molecular weight excluding hydrogens is 522 g/mol. The van der Waals surface area contributed by atoms with Crippen molar-refractivity contribution in [1.29, 1.82) is 0 Å². The van der Waals surface area contributed by atoms with Crippen LogP contribution < -0.4 is 9.80 Å². The van der Waals surface area contributed by atoms with Crippen molar-refractivity contribution in [3.05, 3.63) is 89.5 Å². The van der Waals surface area contributed by atoms with E-state index in [-0.39, 0.29) is 61.7 Å². The Balaban J connectivity index is -0.000000150. The molecule has 1 aliphatic carbocycles. The van der Waals surface area contributed by atoms with Gasteiger partial charge in [-0.15, -0.1) is 12.4 Å². The van der Waals surface area contributed by atoms with E-state index < -0.39 is 0 Å². The molecular formula is C25H49ClN3O9+. The van der Waals surface area contributed by atoms with Crippen molar-refractivity contribution in [1.82, 2.24) is 0 Å². The Labute approximate surface area is 230 Å². The molecule has 0 radical (unpaired) electrons. The van der Waals surface area contributed by atoms with Crippen molar-refractivity contribution in [2.45, 2.75) is 0 Å². The fraction of sp³-hybridized carbons (Fsp3) is 0.240. The predicted molar refractivity (Wildman–Crippen MR) is 163 cm³/mol. The average Bonchev–Trinajstić information content (AvgIpc) is 2.69. The fourth-order valence-corrected chi connectivity index (χ4v) is 3.28. The van der Waals surface area contributed by atoms with E-state index >= 15 is 0 Å². The van der Waals surface area contributed by atoms with E-state index in [1.54, 1.807) is 0 Å². The van der Waals surface area contributed by atoms with Gasteiger partial charge >= 0.3 is 0 Å². The van der Waals surface area contributed by atoms with Gasteiger partial charge in [0, 0.05) is 51.7 Å². The van der Waals surface area contributed by atoms with Gasteiger partial charge < -0.3 is 59.1 Å². The molecule has 13 heteroatoms. The molecule has 0 saturated carbocycles. The number of benzene rings is 2. The van der Waals surface area contributed by atoms with Crippen molar-refractivity contribution in [2.75, 3.05) is 52.1 Å².